The van der Waals surface area contributed by atoms with E-state index in [0.717, 1.165) is 25.8 Å². The van der Waals surface area contributed by atoms with Crippen molar-refractivity contribution >= 4 is 22.8 Å². The minimum atomic E-state index is -0.530. The molecule has 2 fully saturated rings. The normalized spacial score (nSPS) is 19.3. The number of carbonyl (C=O) groups is 1. The summed E-state index contributed by atoms with van der Waals surface area (Å²) in [4.78, 5) is 23.6. The maximum absolute atomic E-state index is 15.5. The summed E-state index contributed by atoms with van der Waals surface area (Å²) in [6, 6.07) is 15.6. The van der Waals surface area contributed by atoms with Crippen LogP contribution in [0.3, 0.4) is 0 Å². The molecule has 0 bridgehead atoms. The first-order chi connectivity index (χ1) is 20.0. The van der Waals surface area contributed by atoms with E-state index in [-0.39, 0.29) is 34.9 Å². The van der Waals surface area contributed by atoms with Gasteiger partial charge in [0.25, 0.3) is 5.91 Å². The fourth-order valence-electron chi connectivity index (χ4n) is 5.54. The molecule has 1 unspecified atom stereocenters. The molecule has 1 amide bonds. The Balaban J connectivity index is 1.31. The number of halogens is 1. The highest BCUT2D eigenvalue weighted by Crippen LogP contribution is 2.36. The molecule has 4 aromatic rings. The van der Waals surface area contributed by atoms with E-state index in [2.05, 4.69) is 21.4 Å². The lowest BCUT2D eigenvalue weighted by molar-refractivity contribution is -0.128. The van der Waals surface area contributed by atoms with E-state index >= 15 is 4.39 Å². The number of fused-ring (bicyclic) bond motifs is 1. The van der Waals surface area contributed by atoms with Gasteiger partial charge in [-0.05, 0) is 62.6 Å². The first-order valence-corrected chi connectivity index (χ1v) is 13.7. The van der Waals surface area contributed by atoms with Crippen LogP contribution in [0.4, 0.5) is 10.2 Å². The Bertz CT molecular complexity index is 1660. The molecule has 4 heterocycles. The molecule has 3 N–H and O–H groups in total. The summed E-state index contributed by atoms with van der Waals surface area (Å²) in [6.45, 7) is 1.75. The molecule has 2 saturated heterocycles. The number of benzene rings is 2. The first-order valence-electron chi connectivity index (χ1n) is 13.7. The lowest BCUT2D eigenvalue weighted by Gasteiger charge is -2.33. The van der Waals surface area contributed by atoms with Gasteiger partial charge in [0, 0.05) is 30.8 Å². The van der Waals surface area contributed by atoms with Gasteiger partial charge in [0.15, 0.2) is 5.65 Å². The zero-order chi connectivity index (χ0) is 28.3. The summed E-state index contributed by atoms with van der Waals surface area (Å²) in [5.74, 6) is 0.302. The van der Waals surface area contributed by atoms with Crippen LogP contribution >= 0.6 is 0 Å². The lowest BCUT2D eigenvalue weighted by atomic mass is 10.0. The minimum Gasteiger partial charge on any atom is -0.457 e. The third-order valence-corrected chi connectivity index (χ3v) is 7.54. The van der Waals surface area contributed by atoms with Crippen LogP contribution in [0, 0.1) is 17.1 Å². The van der Waals surface area contributed by atoms with Crippen molar-refractivity contribution in [2.45, 2.75) is 37.8 Å². The third-order valence-electron chi connectivity index (χ3n) is 7.54. The number of para-hydroxylation sites is 1. The van der Waals surface area contributed by atoms with Gasteiger partial charge in [-0.25, -0.2) is 19.0 Å². The van der Waals surface area contributed by atoms with Crippen molar-refractivity contribution in [3.63, 3.8) is 0 Å². The van der Waals surface area contributed by atoms with Crippen LogP contribution in [-0.2, 0) is 4.79 Å². The number of aromatic nitrogens is 4. The van der Waals surface area contributed by atoms with Crippen molar-refractivity contribution in [1.29, 1.82) is 5.26 Å². The van der Waals surface area contributed by atoms with Crippen LogP contribution in [0.15, 0.2) is 66.5 Å². The number of nitrogens with one attached hydrogen (secondary N) is 1. The van der Waals surface area contributed by atoms with E-state index in [4.69, 9.17) is 15.6 Å². The van der Waals surface area contributed by atoms with Gasteiger partial charge in [0.2, 0.25) is 0 Å². The lowest BCUT2D eigenvalue weighted by Crippen LogP contribution is -2.41. The van der Waals surface area contributed by atoms with Gasteiger partial charge in [0.1, 0.15) is 46.8 Å². The van der Waals surface area contributed by atoms with E-state index < -0.39 is 5.82 Å². The molecule has 2 aliphatic rings. The van der Waals surface area contributed by atoms with Gasteiger partial charge in [-0.1, -0.05) is 18.2 Å². The number of rotatable bonds is 6. The number of piperidine rings is 1. The molecule has 6 rings (SSSR count). The molecule has 0 aliphatic carbocycles. The summed E-state index contributed by atoms with van der Waals surface area (Å²) in [6.07, 6.45) is 6.45. The van der Waals surface area contributed by atoms with Crippen LogP contribution < -0.4 is 15.8 Å². The molecule has 0 spiro atoms. The van der Waals surface area contributed by atoms with Gasteiger partial charge in [-0.15, -0.1) is 0 Å². The van der Waals surface area contributed by atoms with Crippen LogP contribution in [0.25, 0.3) is 22.3 Å². The number of amides is 1. The first kappa shape index (κ1) is 26.4. The largest absolute Gasteiger partial charge is 0.457 e. The van der Waals surface area contributed by atoms with Crippen molar-refractivity contribution in [3.8, 4) is 28.8 Å². The molecule has 41 heavy (non-hydrogen) atoms. The number of nitrogen functional groups attached to an aromatic ring is 1. The fourth-order valence-corrected chi connectivity index (χ4v) is 5.54. The second-order valence-corrected chi connectivity index (χ2v) is 10.2. The quantitative estimate of drug-likeness (QED) is 0.266. The summed E-state index contributed by atoms with van der Waals surface area (Å²) < 4.78 is 23.0. The molecule has 0 radical (unpaired) electrons. The number of nitrogens with zero attached hydrogens (tertiary/aromatic N) is 6. The van der Waals surface area contributed by atoms with Crippen molar-refractivity contribution in [2.75, 3.05) is 25.4 Å². The Morgan fingerprint density at radius 1 is 1.15 bits per heavy atom. The van der Waals surface area contributed by atoms with Crippen molar-refractivity contribution in [2.24, 2.45) is 0 Å². The van der Waals surface area contributed by atoms with Gasteiger partial charge >= 0.3 is 0 Å². The van der Waals surface area contributed by atoms with Gasteiger partial charge in [0.05, 0.1) is 11.4 Å². The standard InChI is InChI=1S/C30H29FN8O2/c31-25-15-23(41-22-8-2-1-3-9-22)10-11-24(25)27-26-28(33)35-18-36-29(26)39(37-27)21-7-5-13-38(17-21)30(40)19(16-32)14-20-6-4-12-34-20/h1-3,8-11,14-15,18,20-21,34H,4-7,12-13,17H2,(H2,33,35,36)/t20?,21-/m1/s1. The van der Waals surface area contributed by atoms with Gasteiger partial charge in [-0.2, -0.15) is 10.4 Å². The molecule has 208 valence electrons. The molecule has 2 aliphatic heterocycles. The van der Waals surface area contributed by atoms with E-state index in [9.17, 15) is 10.1 Å². The smallest absolute Gasteiger partial charge is 0.264 e. The zero-order valence-corrected chi connectivity index (χ0v) is 22.3. The monoisotopic (exact) mass is 552 g/mol. The summed E-state index contributed by atoms with van der Waals surface area (Å²) >= 11 is 0. The number of likely N-dealkylation sites (tertiary alicyclic amines) is 1. The summed E-state index contributed by atoms with van der Waals surface area (Å²) in [5, 5.41) is 18.2. The zero-order valence-electron chi connectivity index (χ0n) is 22.3. The molecule has 11 heteroatoms. The van der Waals surface area contributed by atoms with E-state index in [1.807, 2.05) is 18.2 Å². The van der Waals surface area contributed by atoms with Crippen LogP contribution in [0.2, 0.25) is 0 Å². The van der Waals surface area contributed by atoms with Crippen LogP contribution in [-0.4, -0.2) is 56.2 Å². The molecule has 2 aromatic heterocycles. The predicted octanol–water partition coefficient (Wildman–Crippen LogP) is 4.37. The maximum Gasteiger partial charge on any atom is 0.264 e. The average molecular weight is 553 g/mol. The van der Waals surface area contributed by atoms with Crippen molar-refractivity contribution in [3.05, 3.63) is 72.3 Å². The average Bonchev–Trinajstić information content (AvgIpc) is 3.65. The molecular weight excluding hydrogens is 523 g/mol. The summed E-state index contributed by atoms with van der Waals surface area (Å²) in [5.41, 5.74) is 7.42. The molecule has 2 atom stereocenters. The second-order valence-electron chi connectivity index (χ2n) is 10.2. The Morgan fingerprint density at radius 2 is 2.00 bits per heavy atom. The number of hydrogen-bond acceptors (Lipinski definition) is 8. The Labute approximate surface area is 236 Å². The Kier molecular flexibility index (Phi) is 7.31. The van der Waals surface area contributed by atoms with Crippen LogP contribution in [0.5, 0.6) is 11.5 Å². The number of anilines is 1. The van der Waals surface area contributed by atoms with Crippen molar-refractivity contribution in [1.82, 2.24) is 30.0 Å². The Hall–Kier alpha value is -4.82. The number of hydrogen-bond donors (Lipinski definition) is 2. The predicted molar refractivity (Wildman–Crippen MR) is 151 cm³/mol. The van der Waals surface area contributed by atoms with Crippen molar-refractivity contribution < 1.29 is 13.9 Å². The van der Waals surface area contributed by atoms with E-state index in [1.165, 1.54) is 12.4 Å². The maximum atomic E-state index is 15.5. The highest BCUT2D eigenvalue weighted by atomic mass is 19.1. The molecule has 0 saturated carbocycles. The molecule has 10 nitrogen and oxygen atoms in total. The second kappa shape index (κ2) is 11.3. The van der Waals surface area contributed by atoms with Gasteiger partial charge < -0.3 is 20.7 Å². The number of nitrogens with two attached hydrogens (primary N) is 1. The molecule has 2 aromatic carbocycles. The number of nitriles is 1. The fraction of sp³-hybridized carbons (Fsp3) is 0.300. The molecular formula is C30H29FN8O2. The SMILES string of the molecule is N#CC(=CC1CCCN1)C(=O)N1CCC[C@@H](n2nc(-c3ccc(Oc4ccccc4)cc3F)c3c(N)ncnc32)C1. The van der Waals surface area contributed by atoms with E-state index in [0.29, 0.717) is 47.7 Å². The minimum absolute atomic E-state index is 0.0332. The van der Waals surface area contributed by atoms with Crippen LogP contribution in [0.1, 0.15) is 31.7 Å². The van der Waals surface area contributed by atoms with E-state index in [1.54, 1.807) is 39.9 Å². The summed E-state index contributed by atoms with van der Waals surface area (Å²) in [7, 11) is 0. The topological polar surface area (TPSA) is 135 Å². The number of carbonyl (C=O) groups excluding carboxylic acids is 1. The third kappa shape index (κ3) is 5.34. The van der Waals surface area contributed by atoms with Gasteiger partial charge in [-0.3, -0.25) is 4.79 Å². The highest BCUT2D eigenvalue weighted by Gasteiger charge is 2.31. The highest BCUT2D eigenvalue weighted by molar-refractivity contribution is 5.99. The Morgan fingerprint density at radius 3 is 2.76 bits per heavy atom. The number of ether oxygens (including phenoxy) is 1.